The summed E-state index contributed by atoms with van der Waals surface area (Å²) >= 11 is 6.07. The first kappa shape index (κ1) is 15.7. The second kappa shape index (κ2) is 6.54. The molecule has 2 heterocycles. The van der Waals surface area contributed by atoms with Crippen molar-refractivity contribution in [1.82, 2.24) is 16.0 Å². The molecule has 0 aromatic heterocycles. The number of ether oxygens (including phenoxy) is 1. The van der Waals surface area contributed by atoms with Crippen LogP contribution in [0.15, 0.2) is 18.2 Å². The van der Waals surface area contributed by atoms with E-state index >= 15 is 0 Å². The van der Waals surface area contributed by atoms with Gasteiger partial charge in [-0.05, 0) is 24.6 Å². The Morgan fingerprint density at radius 3 is 3.00 bits per heavy atom. The summed E-state index contributed by atoms with van der Waals surface area (Å²) < 4.78 is 5.38. The average molecular weight is 339 g/mol. The molecule has 2 saturated heterocycles. The number of halogens is 1. The molecule has 1 aromatic rings. The molecular formula is C15H19ClN4O3. The van der Waals surface area contributed by atoms with Gasteiger partial charge in [-0.1, -0.05) is 11.6 Å². The number of hydrogen-bond donors (Lipinski definition) is 3. The van der Waals surface area contributed by atoms with Crippen LogP contribution in [0.5, 0.6) is 5.75 Å². The van der Waals surface area contributed by atoms with Crippen molar-refractivity contribution >= 4 is 29.2 Å². The first-order valence-electron chi connectivity index (χ1n) is 7.50. The fraction of sp³-hybridized carbons (Fsp3) is 0.467. The highest BCUT2D eigenvalue weighted by molar-refractivity contribution is 6.30. The SMILES string of the molecule is COc1ccc(Cl)cc1N1CC[C@@H](NC(=O)[C@H]2CNC(=O)N2)C1. The molecule has 3 amide bonds. The number of anilines is 1. The van der Waals surface area contributed by atoms with E-state index in [-0.39, 0.29) is 18.0 Å². The molecule has 0 radical (unpaired) electrons. The van der Waals surface area contributed by atoms with Crippen LogP contribution in [0.1, 0.15) is 6.42 Å². The number of carbonyl (C=O) groups is 2. The summed E-state index contributed by atoms with van der Waals surface area (Å²) in [5.41, 5.74) is 0.924. The second-order valence-corrected chi connectivity index (χ2v) is 6.10. The van der Waals surface area contributed by atoms with E-state index in [1.807, 2.05) is 12.1 Å². The standard InChI is InChI=1S/C15H19ClN4O3/c1-23-13-3-2-9(16)6-12(13)20-5-4-10(8-20)18-14(21)11-7-17-15(22)19-11/h2-3,6,10-11H,4-5,7-8H2,1H3,(H,18,21)(H2,17,19,22)/t10-,11-/m1/s1. The van der Waals surface area contributed by atoms with E-state index in [9.17, 15) is 9.59 Å². The Morgan fingerprint density at radius 2 is 2.30 bits per heavy atom. The van der Waals surface area contributed by atoms with Crippen LogP contribution in [-0.4, -0.2) is 50.8 Å². The van der Waals surface area contributed by atoms with E-state index in [4.69, 9.17) is 16.3 Å². The van der Waals surface area contributed by atoms with Gasteiger partial charge >= 0.3 is 6.03 Å². The molecule has 3 N–H and O–H groups in total. The molecule has 2 aliphatic heterocycles. The van der Waals surface area contributed by atoms with Crippen molar-refractivity contribution < 1.29 is 14.3 Å². The molecule has 2 fully saturated rings. The Bertz CT molecular complexity index is 625. The number of amides is 3. The zero-order valence-electron chi connectivity index (χ0n) is 12.8. The number of rotatable bonds is 4. The van der Waals surface area contributed by atoms with Gasteiger partial charge in [0.2, 0.25) is 5.91 Å². The van der Waals surface area contributed by atoms with Gasteiger partial charge in [0.25, 0.3) is 0 Å². The minimum absolute atomic E-state index is 0.0312. The van der Waals surface area contributed by atoms with Crippen LogP contribution in [0.2, 0.25) is 5.02 Å². The van der Waals surface area contributed by atoms with E-state index in [1.54, 1.807) is 13.2 Å². The summed E-state index contributed by atoms with van der Waals surface area (Å²) in [5.74, 6) is 0.599. The zero-order chi connectivity index (χ0) is 16.4. The van der Waals surface area contributed by atoms with Crippen LogP contribution in [0, 0.1) is 0 Å². The van der Waals surface area contributed by atoms with Crippen LogP contribution < -0.4 is 25.6 Å². The van der Waals surface area contributed by atoms with E-state index in [0.29, 0.717) is 18.1 Å². The van der Waals surface area contributed by atoms with Gasteiger partial charge in [-0.3, -0.25) is 4.79 Å². The molecule has 0 unspecified atom stereocenters. The number of urea groups is 1. The molecular weight excluding hydrogens is 320 g/mol. The highest BCUT2D eigenvalue weighted by atomic mass is 35.5. The molecule has 124 valence electrons. The fourth-order valence-corrected chi connectivity index (χ4v) is 3.09. The van der Waals surface area contributed by atoms with Crippen molar-refractivity contribution in [3.8, 4) is 5.75 Å². The Labute approximate surface area is 139 Å². The molecule has 0 aliphatic carbocycles. The third-order valence-corrected chi connectivity index (χ3v) is 4.34. The minimum atomic E-state index is -0.503. The van der Waals surface area contributed by atoms with Crippen molar-refractivity contribution in [1.29, 1.82) is 0 Å². The Kier molecular flexibility index (Phi) is 4.47. The maximum absolute atomic E-state index is 12.1. The van der Waals surface area contributed by atoms with Gasteiger partial charge in [-0.15, -0.1) is 0 Å². The molecule has 23 heavy (non-hydrogen) atoms. The molecule has 2 atom stereocenters. The number of nitrogens with one attached hydrogen (secondary N) is 3. The summed E-state index contributed by atoms with van der Waals surface area (Å²) in [6.07, 6.45) is 0.829. The lowest BCUT2D eigenvalue weighted by Gasteiger charge is -2.22. The van der Waals surface area contributed by atoms with Crippen LogP contribution in [0.25, 0.3) is 0 Å². The van der Waals surface area contributed by atoms with Crippen molar-refractivity contribution in [2.24, 2.45) is 0 Å². The second-order valence-electron chi connectivity index (χ2n) is 5.66. The summed E-state index contributed by atoms with van der Waals surface area (Å²) in [7, 11) is 1.62. The molecule has 8 heteroatoms. The third kappa shape index (κ3) is 3.44. The predicted octanol–water partition coefficient (Wildman–Crippen LogP) is 0.725. The Balaban J connectivity index is 1.61. The smallest absolute Gasteiger partial charge is 0.315 e. The maximum atomic E-state index is 12.1. The lowest BCUT2D eigenvalue weighted by molar-refractivity contribution is -0.123. The van der Waals surface area contributed by atoms with Gasteiger partial charge in [0.15, 0.2) is 0 Å². The Hall–Kier alpha value is -2.15. The third-order valence-electron chi connectivity index (χ3n) is 4.10. The predicted molar refractivity (Wildman–Crippen MR) is 87.1 cm³/mol. The van der Waals surface area contributed by atoms with Gasteiger partial charge in [-0.25, -0.2) is 4.79 Å². The molecule has 2 aliphatic rings. The number of methoxy groups -OCH3 is 1. The number of benzene rings is 1. The minimum Gasteiger partial charge on any atom is -0.495 e. The average Bonchev–Trinajstić information content (AvgIpc) is 3.16. The molecule has 7 nitrogen and oxygen atoms in total. The van der Waals surface area contributed by atoms with Crippen LogP contribution in [0.3, 0.4) is 0 Å². The molecule has 0 bridgehead atoms. The van der Waals surface area contributed by atoms with Gasteiger partial charge in [0.05, 0.1) is 12.8 Å². The number of nitrogens with zero attached hydrogens (tertiary/aromatic N) is 1. The van der Waals surface area contributed by atoms with Crippen molar-refractivity contribution in [2.45, 2.75) is 18.5 Å². The summed E-state index contributed by atoms with van der Waals surface area (Å²) in [6, 6.07) is 4.71. The normalized spacial score (nSPS) is 23.4. The summed E-state index contributed by atoms with van der Waals surface area (Å²) in [6.45, 7) is 1.80. The van der Waals surface area contributed by atoms with E-state index < -0.39 is 6.04 Å². The van der Waals surface area contributed by atoms with Crippen molar-refractivity contribution in [2.75, 3.05) is 31.6 Å². The highest BCUT2D eigenvalue weighted by Crippen LogP contribution is 2.33. The van der Waals surface area contributed by atoms with Crippen LogP contribution >= 0.6 is 11.6 Å². The maximum Gasteiger partial charge on any atom is 0.315 e. The van der Waals surface area contributed by atoms with Gasteiger partial charge in [0, 0.05) is 30.7 Å². The quantitative estimate of drug-likeness (QED) is 0.755. The lowest BCUT2D eigenvalue weighted by atomic mass is 10.2. The monoisotopic (exact) mass is 338 g/mol. The van der Waals surface area contributed by atoms with Crippen molar-refractivity contribution in [3.05, 3.63) is 23.2 Å². The molecule has 3 rings (SSSR count). The summed E-state index contributed by atoms with van der Waals surface area (Å²) in [4.78, 5) is 25.4. The Morgan fingerprint density at radius 1 is 1.48 bits per heavy atom. The van der Waals surface area contributed by atoms with Gasteiger partial charge in [0.1, 0.15) is 11.8 Å². The van der Waals surface area contributed by atoms with E-state index in [2.05, 4.69) is 20.9 Å². The van der Waals surface area contributed by atoms with Crippen LogP contribution in [-0.2, 0) is 4.79 Å². The summed E-state index contributed by atoms with van der Waals surface area (Å²) in [5, 5.41) is 8.79. The first-order chi connectivity index (χ1) is 11.1. The lowest BCUT2D eigenvalue weighted by Crippen LogP contribution is -2.47. The van der Waals surface area contributed by atoms with E-state index in [0.717, 1.165) is 24.4 Å². The first-order valence-corrected chi connectivity index (χ1v) is 7.88. The zero-order valence-corrected chi connectivity index (χ0v) is 13.5. The van der Waals surface area contributed by atoms with E-state index in [1.165, 1.54) is 0 Å². The molecule has 0 saturated carbocycles. The fourth-order valence-electron chi connectivity index (χ4n) is 2.92. The largest absolute Gasteiger partial charge is 0.495 e. The van der Waals surface area contributed by atoms with Gasteiger partial charge in [-0.2, -0.15) is 0 Å². The van der Waals surface area contributed by atoms with Crippen LogP contribution in [0.4, 0.5) is 10.5 Å². The highest BCUT2D eigenvalue weighted by Gasteiger charge is 2.31. The molecule has 0 spiro atoms. The van der Waals surface area contributed by atoms with Gasteiger partial charge < -0.3 is 25.6 Å². The number of carbonyl (C=O) groups excluding carboxylic acids is 2. The number of hydrogen-bond acceptors (Lipinski definition) is 4. The van der Waals surface area contributed by atoms with Crippen molar-refractivity contribution in [3.63, 3.8) is 0 Å². The topological polar surface area (TPSA) is 82.7 Å². The molecule has 1 aromatic carbocycles.